The minimum absolute atomic E-state index is 0.147. The first-order valence-electron chi connectivity index (χ1n) is 5.27. The summed E-state index contributed by atoms with van der Waals surface area (Å²) < 4.78 is 15.8. The molecule has 4 nitrogen and oxygen atoms in total. The van der Waals surface area contributed by atoms with Crippen molar-refractivity contribution in [3.63, 3.8) is 0 Å². The van der Waals surface area contributed by atoms with Gasteiger partial charge in [-0.15, -0.1) is 0 Å². The monoisotopic (exact) mass is 225 g/mol. The zero-order chi connectivity index (χ0) is 11.8. The average molecular weight is 225 g/mol. The third-order valence-corrected chi connectivity index (χ3v) is 2.31. The molecule has 0 aliphatic rings. The Hall–Kier alpha value is -1.10. The van der Waals surface area contributed by atoms with Crippen LogP contribution in [0.5, 0.6) is 5.75 Å². The number of hydrogen-bond acceptors (Lipinski definition) is 4. The average Bonchev–Trinajstić information content (AvgIpc) is 2.35. The summed E-state index contributed by atoms with van der Waals surface area (Å²) in [6.45, 7) is 1.51. The molecule has 0 radical (unpaired) electrons. The Morgan fingerprint density at radius 2 is 1.94 bits per heavy atom. The van der Waals surface area contributed by atoms with Gasteiger partial charge in [-0.3, -0.25) is 0 Å². The van der Waals surface area contributed by atoms with Crippen LogP contribution < -0.4 is 10.5 Å². The quantitative estimate of drug-likeness (QED) is 0.712. The predicted octanol–water partition coefficient (Wildman–Crippen LogP) is 1.36. The molecule has 2 N–H and O–H groups in total. The number of para-hydroxylation sites is 1. The molecule has 0 saturated heterocycles. The van der Waals surface area contributed by atoms with Crippen molar-refractivity contribution in [2.75, 3.05) is 34.0 Å². The fourth-order valence-electron chi connectivity index (χ4n) is 1.49. The highest BCUT2D eigenvalue weighted by molar-refractivity contribution is 5.35. The summed E-state index contributed by atoms with van der Waals surface area (Å²) in [5.41, 5.74) is 6.66. The fraction of sp³-hybridized carbons (Fsp3) is 0.500. The van der Waals surface area contributed by atoms with Gasteiger partial charge < -0.3 is 19.9 Å². The molecule has 0 bridgehead atoms. The second-order valence-electron chi connectivity index (χ2n) is 3.33. The van der Waals surface area contributed by atoms with Crippen LogP contribution in [-0.4, -0.2) is 34.0 Å². The lowest BCUT2D eigenvalue weighted by atomic mass is 10.1. The molecule has 1 rings (SSSR count). The topological polar surface area (TPSA) is 53.7 Å². The van der Waals surface area contributed by atoms with Crippen LogP contribution in [0, 0.1) is 0 Å². The van der Waals surface area contributed by atoms with Crippen LogP contribution in [0.3, 0.4) is 0 Å². The first kappa shape index (κ1) is 13.0. The van der Waals surface area contributed by atoms with Crippen molar-refractivity contribution in [1.82, 2.24) is 0 Å². The molecule has 1 aromatic rings. The minimum atomic E-state index is -0.147. The molecule has 4 heteroatoms. The van der Waals surface area contributed by atoms with Crippen molar-refractivity contribution in [3.05, 3.63) is 29.8 Å². The fourth-order valence-corrected chi connectivity index (χ4v) is 1.49. The maximum Gasteiger partial charge on any atom is 0.124 e. The summed E-state index contributed by atoms with van der Waals surface area (Å²) >= 11 is 0. The molecule has 0 aliphatic heterocycles. The Balaban J connectivity index is 2.69. The second-order valence-corrected chi connectivity index (χ2v) is 3.33. The molecule has 0 spiro atoms. The molecular formula is C12H19NO3. The Kier molecular flexibility index (Phi) is 5.85. The van der Waals surface area contributed by atoms with E-state index in [0.29, 0.717) is 19.8 Å². The summed E-state index contributed by atoms with van der Waals surface area (Å²) in [4.78, 5) is 0. The van der Waals surface area contributed by atoms with Crippen molar-refractivity contribution in [2.24, 2.45) is 5.73 Å². The van der Waals surface area contributed by atoms with E-state index in [4.69, 9.17) is 19.9 Å². The molecule has 1 aromatic carbocycles. The second kappa shape index (κ2) is 7.22. The van der Waals surface area contributed by atoms with E-state index in [2.05, 4.69) is 0 Å². The molecule has 1 unspecified atom stereocenters. The largest absolute Gasteiger partial charge is 0.496 e. The lowest BCUT2D eigenvalue weighted by Crippen LogP contribution is -2.18. The van der Waals surface area contributed by atoms with Gasteiger partial charge >= 0.3 is 0 Å². The molecule has 0 aromatic heterocycles. The molecule has 0 amide bonds. The minimum Gasteiger partial charge on any atom is -0.496 e. The van der Waals surface area contributed by atoms with Crippen molar-refractivity contribution in [2.45, 2.75) is 6.10 Å². The van der Waals surface area contributed by atoms with Crippen molar-refractivity contribution in [1.29, 1.82) is 0 Å². The molecule has 1 atom stereocenters. The van der Waals surface area contributed by atoms with E-state index in [1.165, 1.54) is 0 Å². The number of methoxy groups -OCH3 is 2. The molecule has 0 aliphatic carbocycles. The number of benzene rings is 1. The van der Waals surface area contributed by atoms with Gasteiger partial charge in [0.2, 0.25) is 0 Å². The van der Waals surface area contributed by atoms with Gasteiger partial charge in [-0.2, -0.15) is 0 Å². The highest BCUT2D eigenvalue weighted by atomic mass is 16.5. The van der Waals surface area contributed by atoms with Gasteiger partial charge in [0.15, 0.2) is 0 Å². The van der Waals surface area contributed by atoms with E-state index in [9.17, 15) is 0 Å². The van der Waals surface area contributed by atoms with E-state index >= 15 is 0 Å². The third kappa shape index (κ3) is 3.48. The SMILES string of the molecule is COCCOC(CN)c1ccccc1OC. The molecule has 0 fully saturated rings. The Morgan fingerprint density at radius 1 is 1.19 bits per heavy atom. The van der Waals surface area contributed by atoms with Crippen molar-refractivity contribution < 1.29 is 14.2 Å². The predicted molar refractivity (Wildman–Crippen MR) is 62.6 cm³/mol. The standard InChI is InChI=1S/C12H19NO3/c1-14-7-8-16-12(9-13)10-5-3-4-6-11(10)15-2/h3-6,12H,7-9,13H2,1-2H3. The van der Waals surface area contributed by atoms with E-state index in [1.807, 2.05) is 24.3 Å². The van der Waals surface area contributed by atoms with Crippen molar-refractivity contribution >= 4 is 0 Å². The lowest BCUT2D eigenvalue weighted by molar-refractivity contribution is 0.0197. The highest BCUT2D eigenvalue weighted by Gasteiger charge is 2.14. The molecule has 90 valence electrons. The molecule has 0 saturated carbocycles. The zero-order valence-corrected chi connectivity index (χ0v) is 9.81. The molecule has 16 heavy (non-hydrogen) atoms. The zero-order valence-electron chi connectivity index (χ0n) is 9.81. The van der Waals surface area contributed by atoms with Gasteiger partial charge in [0, 0.05) is 19.2 Å². The summed E-state index contributed by atoms with van der Waals surface area (Å²) in [5, 5.41) is 0. The van der Waals surface area contributed by atoms with Gasteiger partial charge in [-0.25, -0.2) is 0 Å². The summed E-state index contributed by atoms with van der Waals surface area (Å²) in [7, 11) is 3.28. The first-order valence-corrected chi connectivity index (χ1v) is 5.27. The number of rotatable bonds is 7. The Bertz CT molecular complexity index is 304. The lowest BCUT2D eigenvalue weighted by Gasteiger charge is -2.18. The van der Waals surface area contributed by atoms with Crippen LogP contribution in [0.25, 0.3) is 0 Å². The van der Waals surface area contributed by atoms with Crippen LogP contribution in [0.15, 0.2) is 24.3 Å². The van der Waals surface area contributed by atoms with Gasteiger partial charge in [0.25, 0.3) is 0 Å². The number of nitrogens with two attached hydrogens (primary N) is 1. The normalized spacial score (nSPS) is 12.4. The van der Waals surface area contributed by atoms with Crippen molar-refractivity contribution in [3.8, 4) is 5.75 Å². The van der Waals surface area contributed by atoms with Crippen LogP contribution in [0.4, 0.5) is 0 Å². The van der Waals surface area contributed by atoms with Crippen LogP contribution in [0.1, 0.15) is 11.7 Å². The van der Waals surface area contributed by atoms with Gasteiger partial charge in [0.05, 0.1) is 26.4 Å². The van der Waals surface area contributed by atoms with E-state index in [1.54, 1.807) is 14.2 Å². The number of hydrogen-bond donors (Lipinski definition) is 1. The van der Waals surface area contributed by atoms with Crippen LogP contribution >= 0.6 is 0 Å². The smallest absolute Gasteiger partial charge is 0.124 e. The highest BCUT2D eigenvalue weighted by Crippen LogP contribution is 2.26. The summed E-state index contributed by atoms with van der Waals surface area (Å²) in [6.07, 6.45) is -0.147. The maximum atomic E-state index is 5.69. The van der Waals surface area contributed by atoms with E-state index < -0.39 is 0 Å². The number of ether oxygens (including phenoxy) is 3. The Labute approximate surface area is 96.3 Å². The maximum absolute atomic E-state index is 5.69. The Morgan fingerprint density at radius 3 is 2.56 bits per heavy atom. The molecule has 0 heterocycles. The third-order valence-electron chi connectivity index (χ3n) is 2.31. The molecular weight excluding hydrogens is 206 g/mol. The summed E-state index contributed by atoms with van der Waals surface area (Å²) in [5.74, 6) is 0.801. The first-order chi connectivity index (χ1) is 7.83. The van der Waals surface area contributed by atoms with Gasteiger partial charge in [-0.1, -0.05) is 18.2 Å². The van der Waals surface area contributed by atoms with Gasteiger partial charge in [0.1, 0.15) is 5.75 Å². The summed E-state index contributed by atoms with van der Waals surface area (Å²) in [6, 6.07) is 7.73. The van der Waals surface area contributed by atoms with Gasteiger partial charge in [-0.05, 0) is 6.07 Å². The van der Waals surface area contributed by atoms with E-state index in [-0.39, 0.29) is 6.10 Å². The van der Waals surface area contributed by atoms with E-state index in [0.717, 1.165) is 11.3 Å². The van der Waals surface area contributed by atoms with Crippen LogP contribution in [0.2, 0.25) is 0 Å². The van der Waals surface area contributed by atoms with Crippen LogP contribution in [-0.2, 0) is 9.47 Å².